The molecule has 1 saturated heterocycles. The van der Waals surface area contributed by atoms with Crippen LogP contribution in [0.15, 0.2) is 30.3 Å². The Morgan fingerprint density at radius 1 is 1.08 bits per heavy atom. The highest BCUT2D eigenvalue weighted by atomic mass is 32.1. The molecule has 2 amide bonds. The number of hydrogen-bond donors (Lipinski definition) is 1. The maximum atomic E-state index is 13.0. The molecule has 24 heavy (non-hydrogen) atoms. The average molecular weight is 343 g/mol. The third-order valence-corrected chi connectivity index (χ3v) is 5.68. The molecule has 2 heterocycles. The number of nitrogens with zero attached hydrogens (tertiary/aromatic N) is 1. The molecule has 3 nitrogen and oxygen atoms in total. The molecule has 1 N–H and O–H groups in total. The van der Waals surface area contributed by atoms with E-state index in [-0.39, 0.29) is 12.1 Å². The second-order valence-electron chi connectivity index (χ2n) is 6.81. The minimum atomic E-state index is 0.0259. The number of carbonyl (C=O) groups is 1. The Balaban J connectivity index is 1.81. The Morgan fingerprint density at radius 3 is 2.50 bits per heavy atom. The standard InChI is InChI=1S/C20H26N2OS/c1-14-11-15(2)13-17(12-14)21-20(23)22-10-6-4-5-7-18(22)19-9-8-16(3)24-19/h8-9,11-13,18H,4-7,10H2,1-3H3,(H,21,23). The molecule has 0 saturated carbocycles. The van der Waals surface area contributed by atoms with Gasteiger partial charge in [0.2, 0.25) is 0 Å². The summed E-state index contributed by atoms with van der Waals surface area (Å²) in [5.74, 6) is 0. The van der Waals surface area contributed by atoms with Crippen molar-refractivity contribution in [2.75, 3.05) is 11.9 Å². The van der Waals surface area contributed by atoms with Crippen LogP contribution in [0, 0.1) is 20.8 Å². The van der Waals surface area contributed by atoms with Gasteiger partial charge in [-0.1, -0.05) is 18.9 Å². The van der Waals surface area contributed by atoms with Crippen LogP contribution < -0.4 is 5.32 Å². The number of amides is 2. The molecule has 1 aliphatic heterocycles. The van der Waals surface area contributed by atoms with Crippen LogP contribution in [0.2, 0.25) is 0 Å². The van der Waals surface area contributed by atoms with Crippen LogP contribution in [0.3, 0.4) is 0 Å². The van der Waals surface area contributed by atoms with Crippen LogP contribution in [0.5, 0.6) is 0 Å². The second-order valence-corrected chi connectivity index (χ2v) is 8.13. The van der Waals surface area contributed by atoms with E-state index in [2.05, 4.69) is 44.3 Å². The smallest absolute Gasteiger partial charge is 0.317 e. The Bertz CT molecular complexity index is 702. The summed E-state index contributed by atoms with van der Waals surface area (Å²) in [4.78, 5) is 17.6. The van der Waals surface area contributed by atoms with Crippen LogP contribution in [0.1, 0.15) is 52.6 Å². The number of benzene rings is 1. The highest BCUT2D eigenvalue weighted by Crippen LogP contribution is 2.34. The van der Waals surface area contributed by atoms with Crippen LogP contribution in [0.4, 0.5) is 10.5 Å². The lowest BCUT2D eigenvalue weighted by molar-refractivity contribution is 0.190. The fraction of sp³-hybridized carbons (Fsp3) is 0.450. The summed E-state index contributed by atoms with van der Waals surface area (Å²) in [6.07, 6.45) is 4.53. The molecular formula is C20H26N2OS. The molecule has 1 fully saturated rings. The normalized spacial score (nSPS) is 18.3. The van der Waals surface area contributed by atoms with Crippen molar-refractivity contribution in [2.45, 2.75) is 52.5 Å². The maximum absolute atomic E-state index is 13.0. The molecule has 1 aromatic carbocycles. The molecule has 1 atom stereocenters. The van der Waals surface area contributed by atoms with Gasteiger partial charge in [-0.15, -0.1) is 11.3 Å². The van der Waals surface area contributed by atoms with Gasteiger partial charge in [-0.25, -0.2) is 4.79 Å². The topological polar surface area (TPSA) is 32.3 Å². The quantitative estimate of drug-likeness (QED) is 0.732. The van der Waals surface area contributed by atoms with Crippen molar-refractivity contribution in [3.63, 3.8) is 0 Å². The van der Waals surface area contributed by atoms with E-state index in [0.29, 0.717) is 0 Å². The number of urea groups is 1. The van der Waals surface area contributed by atoms with Gasteiger partial charge in [0.25, 0.3) is 0 Å². The van der Waals surface area contributed by atoms with E-state index >= 15 is 0 Å². The van der Waals surface area contributed by atoms with Crippen molar-refractivity contribution in [1.29, 1.82) is 0 Å². The van der Waals surface area contributed by atoms with E-state index in [9.17, 15) is 4.79 Å². The third kappa shape index (κ3) is 3.99. The zero-order valence-electron chi connectivity index (χ0n) is 14.8. The molecule has 1 aromatic heterocycles. The number of nitrogens with one attached hydrogen (secondary N) is 1. The molecular weight excluding hydrogens is 316 g/mol. The van der Waals surface area contributed by atoms with Gasteiger partial charge in [-0.3, -0.25) is 0 Å². The van der Waals surface area contributed by atoms with Crippen molar-refractivity contribution in [3.05, 3.63) is 51.2 Å². The van der Waals surface area contributed by atoms with E-state index in [1.165, 1.54) is 33.7 Å². The zero-order chi connectivity index (χ0) is 17.1. The highest BCUT2D eigenvalue weighted by Gasteiger charge is 2.27. The molecule has 2 aromatic rings. The molecule has 128 valence electrons. The van der Waals surface area contributed by atoms with E-state index in [1.54, 1.807) is 0 Å². The van der Waals surface area contributed by atoms with Gasteiger partial charge in [-0.05, 0) is 69.0 Å². The van der Waals surface area contributed by atoms with E-state index < -0.39 is 0 Å². The van der Waals surface area contributed by atoms with Gasteiger partial charge in [0, 0.05) is 22.0 Å². The van der Waals surface area contributed by atoms with Gasteiger partial charge < -0.3 is 10.2 Å². The summed E-state index contributed by atoms with van der Waals surface area (Å²) >= 11 is 1.81. The summed E-state index contributed by atoms with van der Waals surface area (Å²) in [7, 11) is 0. The van der Waals surface area contributed by atoms with Gasteiger partial charge in [0.15, 0.2) is 0 Å². The van der Waals surface area contributed by atoms with Crippen LogP contribution in [-0.2, 0) is 0 Å². The molecule has 0 bridgehead atoms. The fourth-order valence-corrected chi connectivity index (χ4v) is 4.55. The van der Waals surface area contributed by atoms with E-state index in [1.807, 2.05) is 28.4 Å². The Labute approximate surface area is 148 Å². The van der Waals surface area contributed by atoms with Gasteiger partial charge in [0.05, 0.1) is 6.04 Å². The number of hydrogen-bond acceptors (Lipinski definition) is 2. The van der Waals surface area contributed by atoms with E-state index in [0.717, 1.165) is 25.1 Å². The largest absolute Gasteiger partial charge is 0.322 e. The molecule has 1 unspecified atom stereocenters. The maximum Gasteiger partial charge on any atom is 0.322 e. The minimum Gasteiger partial charge on any atom is -0.317 e. The van der Waals surface area contributed by atoms with Crippen molar-refractivity contribution in [2.24, 2.45) is 0 Å². The first-order chi connectivity index (χ1) is 11.5. The molecule has 1 aliphatic rings. The minimum absolute atomic E-state index is 0.0259. The number of carbonyl (C=O) groups excluding carboxylic acids is 1. The predicted molar refractivity (Wildman–Crippen MR) is 102 cm³/mol. The summed E-state index contributed by atoms with van der Waals surface area (Å²) in [6.45, 7) is 7.08. The summed E-state index contributed by atoms with van der Waals surface area (Å²) in [5.41, 5.74) is 3.24. The molecule has 3 rings (SSSR count). The molecule has 4 heteroatoms. The first-order valence-corrected chi connectivity index (χ1v) is 9.57. The Hall–Kier alpha value is -1.81. The number of anilines is 1. The lowest BCUT2D eigenvalue weighted by atomic mass is 10.1. The van der Waals surface area contributed by atoms with Crippen LogP contribution >= 0.6 is 11.3 Å². The SMILES string of the molecule is Cc1cc(C)cc(NC(=O)N2CCCCCC2c2ccc(C)s2)c1. The van der Waals surface area contributed by atoms with Crippen molar-refractivity contribution in [3.8, 4) is 0 Å². The summed E-state index contributed by atoms with van der Waals surface area (Å²) in [6, 6.07) is 10.8. The van der Waals surface area contributed by atoms with Crippen molar-refractivity contribution < 1.29 is 4.79 Å². The number of likely N-dealkylation sites (tertiary alicyclic amines) is 1. The number of thiophene rings is 1. The summed E-state index contributed by atoms with van der Waals surface area (Å²) in [5, 5.41) is 3.12. The zero-order valence-corrected chi connectivity index (χ0v) is 15.6. The van der Waals surface area contributed by atoms with Gasteiger partial charge in [0.1, 0.15) is 0 Å². The lowest BCUT2D eigenvalue weighted by Gasteiger charge is -2.29. The number of rotatable bonds is 2. The molecule has 0 radical (unpaired) electrons. The fourth-order valence-electron chi connectivity index (χ4n) is 3.52. The van der Waals surface area contributed by atoms with Crippen molar-refractivity contribution >= 4 is 23.1 Å². The van der Waals surface area contributed by atoms with Gasteiger partial charge in [-0.2, -0.15) is 0 Å². The number of aryl methyl sites for hydroxylation is 3. The Morgan fingerprint density at radius 2 is 1.83 bits per heavy atom. The van der Waals surface area contributed by atoms with E-state index in [4.69, 9.17) is 0 Å². The highest BCUT2D eigenvalue weighted by molar-refractivity contribution is 7.12. The molecule has 0 aliphatic carbocycles. The third-order valence-electron chi connectivity index (χ3n) is 4.58. The first kappa shape index (κ1) is 17.0. The monoisotopic (exact) mass is 342 g/mol. The van der Waals surface area contributed by atoms with Crippen LogP contribution in [-0.4, -0.2) is 17.5 Å². The average Bonchev–Trinajstić information content (AvgIpc) is 2.80. The Kier molecular flexibility index (Phi) is 5.24. The summed E-state index contributed by atoms with van der Waals surface area (Å²) < 4.78 is 0. The predicted octanol–water partition coefficient (Wildman–Crippen LogP) is 5.82. The second kappa shape index (κ2) is 7.39. The molecule has 0 spiro atoms. The van der Waals surface area contributed by atoms with Crippen LogP contribution in [0.25, 0.3) is 0 Å². The lowest BCUT2D eigenvalue weighted by Crippen LogP contribution is -2.37. The first-order valence-electron chi connectivity index (χ1n) is 8.75. The van der Waals surface area contributed by atoms with Crippen molar-refractivity contribution in [1.82, 2.24) is 4.90 Å². The van der Waals surface area contributed by atoms with Gasteiger partial charge >= 0.3 is 6.03 Å².